The van der Waals surface area contributed by atoms with Gasteiger partial charge in [0.15, 0.2) is 0 Å². The molecule has 0 saturated heterocycles. The first-order chi connectivity index (χ1) is 11.1. The van der Waals surface area contributed by atoms with E-state index < -0.39 is 29.5 Å². The monoisotopic (exact) mass is 339 g/mol. The Morgan fingerprint density at radius 3 is 2.21 bits per heavy atom. The molecule has 1 aromatic carbocycles. The number of benzene rings is 1. The molecule has 0 saturated carbocycles. The van der Waals surface area contributed by atoms with Gasteiger partial charge in [-0.1, -0.05) is 12.2 Å². The normalized spacial score (nSPS) is 22.8. The Hall–Kier alpha value is -2.11. The summed E-state index contributed by atoms with van der Waals surface area (Å²) < 4.78 is 39.8. The van der Waals surface area contributed by atoms with Gasteiger partial charge in [-0.15, -0.1) is 0 Å². The van der Waals surface area contributed by atoms with Crippen LogP contribution in [0.3, 0.4) is 0 Å². The Labute approximate surface area is 140 Å². The number of nitrogens with one attached hydrogen (secondary N) is 1. The number of halogens is 2. The zero-order valence-corrected chi connectivity index (χ0v) is 14.4. The van der Waals surface area contributed by atoms with Crippen LogP contribution in [0.1, 0.15) is 33.6 Å². The molecule has 1 aliphatic rings. The van der Waals surface area contributed by atoms with Crippen LogP contribution in [-0.4, -0.2) is 30.1 Å². The molecule has 0 bridgehead atoms. The lowest BCUT2D eigenvalue weighted by Crippen LogP contribution is -2.62. The molecule has 0 fully saturated rings. The molecule has 0 spiro atoms. The molecule has 1 atom stereocenters. The third-order valence-electron chi connectivity index (χ3n) is 3.78. The van der Waals surface area contributed by atoms with Gasteiger partial charge in [0.25, 0.3) is 5.92 Å². The van der Waals surface area contributed by atoms with Gasteiger partial charge in [-0.25, -0.2) is 13.6 Å². The number of anilines is 1. The number of methoxy groups -OCH3 is 1. The predicted molar refractivity (Wildman–Crippen MR) is 88.5 cm³/mol. The number of carbonyl (C=O) groups is 1. The van der Waals surface area contributed by atoms with Crippen LogP contribution in [0.2, 0.25) is 0 Å². The Morgan fingerprint density at radius 1 is 1.12 bits per heavy atom. The van der Waals surface area contributed by atoms with Gasteiger partial charge in [0, 0.05) is 18.5 Å². The molecule has 0 amide bonds. The van der Waals surface area contributed by atoms with Gasteiger partial charge in [0.1, 0.15) is 11.4 Å². The summed E-state index contributed by atoms with van der Waals surface area (Å²) in [5, 5.41) is 2.73. The number of allylic oxidation sites excluding steroid dienone is 1. The van der Waals surface area contributed by atoms with Crippen LogP contribution in [0.4, 0.5) is 14.5 Å². The molecular weight excluding hydrogens is 316 g/mol. The highest BCUT2D eigenvalue weighted by Gasteiger charge is 2.60. The third-order valence-corrected chi connectivity index (χ3v) is 3.78. The Kier molecular flexibility index (Phi) is 4.87. The minimum Gasteiger partial charge on any atom is -0.497 e. The van der Waals surface area contributed by atoms with E-state index in [1.807, 2.05) is 0 Å². The molecule has 0 aromatic heterocycles. The van der Waals surface area contributed by atoms with Crippen molar-refractivity contribution in [1.29, 1.82) is 0 Å². The number of carbonyl (C=O) groups excluding carboxylic acids is 1. The number of hydrogen-bond acceptors (Lipinski definition) is 4. The summed E-state index contributed by atoms with van der Waals surface area (Å²) >= 11 is 0. The second kappa shape index (κ2) is 6.42. The predicted octanol–water partition coefficient (Wildman–Crippen LogP) is 4.17. The van der Waals surface area contributed by atoms with Gasteiger partial charge in [-0.05, 0) is 45.0 Å². The van der Waals surface area contributed by atoms with Crippen LogP contribution in [-0.2, 0) is 9.53 Å². The maximum absolute atomic E-state index is 14.7. The highest BCUT2D eigenvalue weighted by Crippen LogP contribution is 2.42. The van der Waals surface area contributed by atoms with Gasteiger partial charge >= 0.3 is 5.97 Å². The van der Waals surface area contributed by atoms with Crippen LogP contribution >= 0.6 is 0 Å². The first kappa shape index (κ1) is 18.2. The van der Waals surface area contributed by atoms with Crippen LogP contribution in [0.5, 0.6) is 5.75 Å². The number of ether oxygens (including phenoxy) is 2. The Morgan fingerprint density at radius 2 is 1.71 bits per heavy atom. The highest BCUT2D eigenvalue weighted by molar-refractivity contribution is 5.87. The molecule has 2 rings (SSSR count). The summed E-state index contributed by atoms with van der Waals surface area (Å²) in [7, 11) is 1.52. The Balaban J connectivity index is 2.39. The third kappa shape index (κ3) is 3.68. The van der Waals surface area contributed by atoms with E-state index in [4.69, 9.17) is 9.47 Å². The maximum Gasteiger partial charge on any atom is 0.339 e. The van der Waals surface area contributed by atoms with Crippen molar-refractivity contribution in [3.05, 3.63) is 36.4 Å². The first-order valence-electron chi connectivity index (χ1n) is 7.78. The lowest BCUT2D eigenvalue weighted by Gasteiger charge is -2.42. The average Bonchev–Trinajstić information content (AvgIpc) is 2.48. The van der Waals surface area contributed by atoms with Gasteiger partial charge in [-0.2, -0.15) is 0 Å². The smallest absolute Gasteiger partial charge is 0.339 e. The quantitative estimate of drug-likeness (QED) is 0.660. The fraction of sp³-hybridized carbons (Fsp3) is 0.500. The van der Waals surface area contributed by atoms with E-state index in [1.165, 1.54) is 13.2 Å². The zero-order valence-electron chi connectivity index (χ0n) is 14.4. The molecule has 132 valence electrons. The van der Waals surface area contributed by atoms with E-state index in [9.17, 15) is 13.6 Å². The van der Waals surface area contributed by atoms with E-state index in [0.29, 0.717) is 11.4 Å². The van der Waals surface area contributed by atoms with Crippen molar-refractivity contribution in [1.82, 2.24) is 0 Å². The standard InChI is InChI=1S/C18H23F2NO3/c1-16(2,3)24-15(22)17(11-5-6-12-18(17,19)20)21-13-7-9-14(23-4)10-8-13/h5-10,21H,11-12H2,1-4H3/t17-/m0/s1. The fourth-order valence-corrected chi connectivity index (χ4v) is 2.53. The summed E-state index contributed by atoms with van der Waals surface area (Å²) in [6, 6.07) is 6.47. The second-order valence-corrected chi connectivity index (χ2v) is 6.84. The van der Waals surface area contributed by atoms with Gasteiger partial charge in [-0.3, -0.25) is 0 Å². The van der Waals surface area contributed by atoms with E-state index >= 15 is 0 Å². The summed E-state index contributed by atoms with van der Waals surface area (Å²) in [5.41, 5.74) is -2.59. The molecule has 0 heterocycles. The Bertz CT molecular complexity index is 620. The van der Waals surface area contributed by atoms with Gasteiger partial charge < -0.3 is 14.8 Å². The molecular formula is C18H23F2NO3. The SMILES string of the molecule is COc1ccc(N[C@]2(C(=O)OC(C)(C)C)CC=CCC2(F)F)cc1. The van der Waals surface area contributed by atoms with Crippen molar-refractivity contribution in [2.75, 3.05) is 12.4 Å². The molecule has 4 nitrogen and oxygen atoms in total. The summed E-state index contributed by atoms with van der Waals surface area (Å²) in [6.07, 6.45) is 2.30. The van der Waals surface area contributed by atoms with Crippen molar-refractivity contribution in [3.8, 4) is 5.75 Å². The largest absolute Gasteiger partial charge is 0.497 e. The topological polar surface area (TPSA) is 47.6 Å². The number of hydrogen-bond donors (Lipinski definition) is 1. The van der Waals surface area contributed by atoms with Crippen molar-refractivity contribution < 1.29 is 23.0 Å². The molecule has 0 radical (unpaired) electrons. The minimum absolute atomic E-state index is 0.152. The van der Waals surface area contributed by atoms with Crippen molar-refractivity contribution in [3.63, 3.8) is 0 Å². The second-order valence-electron chi connectivity index (χ2n) is 6.84. The minimum atomic E-state index is -3.27. The average molecular weight is 339 g/mol. The van der Waals surface area contributed by atoms with E-state index in [1.54, 1.807) is 51.1 Å². The van der Waals surface area contributed by atoms with Crippen LogP contribution in [0, 0.1) is 0 Å². The summed E-state index contributed by atoms with van der Waals surface area (Å²) in [6.45, 7) is 4.97. The molecule has 0 aliphatic heterocycles. The fourth-order valence-electron chi connectivity index (χ4n) is 2.53. The molecule has 24 heavy (non-hydrogen) atoms. The lowest BCUT2D eigenvalue weighted by molar-refractivity contribution is -0.176. The lowest BCUT2D eigenvalue weighted by atomic mass is 9.81. The number of alkyl halides is 2. The highest BCUT2D eigenvalue weighted by atomic mass is 19.3. The van der Waals surface area contributed by atoms with E-state index in [2.05, 4.69) is 5.32 Å². The molecule has 1 aliphatic carbocycles. The number of esters is 1. The zero-order chi connectivity index (χ0) is 18.0. The van der Waals surface area contributed by atoms with Crippen molar-refractivity contribution in [2.24, 2.45) is 0 Å². The van der Waals surface area contributed by atoms with Crippen LogP contribution in [0.15, 0.2) is 36.4 Å². The maximum atomic E-state index is 14.7. The summed E-state index contributed by atoms with van der Waals surface area (Å²) in [5.74, 6) is -3.63. The van der Waals surface area contributed by atoms with Crippen molar-refractivity contribution in [2.45, 2.75) is 50.7 Å². The van der Waals surface area contributed by atoms with E-state index in [-0.39, 0.29) is 6.42 Å². The first-order valence-corrected chi connectivity index (χ1v) is 7.78. The molecule has 0 unspecified atom stereocenters. The van der Waals surface area contributed by atoms with E-state index in [0.717, 1.165) is 0 Å². The van der Waals surface area contributed by atoms with Gasteiger partial charge in [0.2, 0.25) is 5.54 Å². The van der Waals surface area contributed by atoms with Crippen LogP contribution in [0.25, 0.3) is 0 Å². The molecule has 1 aromatic rings. The van der Waals surface area contributed by atoms with Crippen molar-refractivity contribution >= 4 is 11.7 Å². The number of rotatable bonds is 4. The molecule has 1 N–H and O–H groups in total. The van der Waals surface area contributed by atoms with Gasteiger partial charge in [0.05, 0.1) is 7.11 Å². The molecule has 6 heteroatoms. The summed E-state index contributed by atoms with van der Waals surface area (Å²) in [4.78, 5) is 12.7. The van der Waals surface area contributed by atoms with Crippen LogP contribution < -0.4 is 10.1 Å².